The summed E-state index contributed by atoms with van der Waals surface area (Å²) in [7, 11) is 0. The van der Waals surface area contributed by atoms with E-state index in [2.05, 4.69) is 58.2 Å². The molecule has 3 N–H and O–H groups in total. The largest absolute Gasteiger partial charge is 0.486 e. The van der Waals surface area contributed by atoms with Crippen molar-refractivity contribution < 1.29 is 9.47 Å². The van der Waals surface area contributed by atoms with E-state index in [0.717, 1.165) is 55.8 Å². The highest BCUT2D eigenvalue weighted by atomic mass is 124. The number of benzene rings is 1. The summed E-state index contributed by atoms with van der Waals surface area (Å²) in [5, 5.41) is 4.43. The quantitative estimate of drug-likeness (QED) is 0.361. The number of nitrogens with zero attached hydrogens (tertiary/aromatic N) is 3. The fourth-order valence-electron chi connectivity index (χ4n) is 3.22. The van der Waals surface area contributed by atoms with Crippen LogP contribution in [-0.2, 0) is 6.54 Å². The van der Waals surface area contributed by atoms with Gasteiger partial charge in [0.25, 0.3) is 0 Å². The van der Waals surface area contributed by atoms with Crippen LogP contribution < -0.4 is 20.5 Å². The van der Waals surface area contributed by atoms with Gasteiger partial charge in [-0.25, -0.2) is 9.97 Å². The summed E-state index contributed by atoms with van der Waals surface area (Å²) in [6.45, 7) is 10.4. The van der Waals surface area contributed by atoms with E-state index in [0.29, 0.717) is 19.0 Å². The van der Waals surface area contributed by atoms with Gasteiger partial charge in [-0.2, -0.15) is 0 Å². The summed E-state index contributed by atoms with van der Waals surface area (Å²) < 4.78 is 14.8. The van der Waals surface area contributed by atoms with Gasteiger partial charge in [-0.1, -0.05) is 32.5 Å². The lowest BCUT2D eigenvalue weighted by Crippen LogP contribution is -2.29. The molecule has 9 heteroatoms. The molecule has 0 saturated heterocycles. The number of aromatic nitrogens is 3. The van der Waals surface area contributed by atoms with Crippen LogP contribution in [0.2, 0.25) is 0 Å². The first kappa shape index (κ1) is 21.5. The molecule has 1 aliphatic rings. The lowest BCUT2D eigenvalue weighted by Gasteiger charge is -2.20. The molecule has 0 aliphatic carbocycles. The fourth-order valence-corrected chi connectivity index (χ4v) is 4.95. The molecule has 1 aliphatic heterocycles. The molecule has 0 amide bonds. The molecule has 0 atom stereocenters. The van der Waals surface area contributed by atoms with E-state index >= 15 is 0 Å². The van der Waals surface area contributed by atoms with Gasteiger partial charge < -0.3 is 25.1 Å². The van der Waals surface area contributed by atoms with Gasteiger partial charge in [0.1, 0.15) is 18.7 Å². The molecule has 4 rings (SSSR count). The number of ether oxygens (including phenoxy) is 2. The van der Waals surface area contributed by atoms with E-state index in [9.17, 15) is 0 Å². The number of nitrogen functional groups attached to an aromatic ring is 1. The van der Waals surface area contributed by atoms with E-state index in [1.165, 1.54) is 0 Å². The van der Waals surface area contributed by atoms with Crippen LogP contribution in [0.3, 0.4) is 0 Å². The number of hydrogen-bond acceptors (Lipinski definition) is 7. The van der Waals surface area contributed by atoms with Crippen molar-refractivity contribution in [2.24, 2.45) is 5.41 Å². The number of imidazole rings is 1. The van der Waals surface area contributed by atoms with Gasteiger partial charge in [0.05, 0.1) is 5.52 Å². The molecule has 1 aromatic carbocycles. The molecule has 0 bridgehead atoms. The molecule has 160 valence electrons. The minimum atomic E-state index is 0.240. The van der Waals surface area contributed by atoms with E-state index in [1.807, 2.05) is 18.2 Å². The monoisotopic (exact) mass is 536 g/mol. The highest BCUT2D eigenvalue weighted by Crippen LogP contribution is 2.40. The number of pyridine rings is 1. The van der Waals surface area contributed by atoms with Crippen molar-refractivity contribution in [2.45, 2.75) is 37.4 Å². The molecule has 0 saturated carbocycles. The smallest absolute Gasteiger partial charge is 0.174 e. The molecular weight excluding hydrogens is 510 g/mol. The Bertz CT molecular complexity index is 1060. The molecule has 30 heavy (non-hydrogen) atoms. The lowest BCUT2D eigenvalue weighted by atomic mass is 9.97. The maximum absolute atomic E-state index is 6.11. The molecular formula is C21H26IN5O2S. The Hall–Kier alpha value is -1.72. The van der Waals surface area contributed by atoms with Gasteiger partial charge in [0.15, 0.2) is 22.5 Å². The van der Waals surface area contributed by atoms with Crippen LogP contribution in [0.1, 0.15) is 20.8 Å². The highest BCUT2D eigenvalue weighted by Gasteiger charge is 2.19. The Balaban J connectivity index is 1.64. The van der Waals surface area contributed by atoms with E-state index in [4.69, 9.17) is 20.2 Å². The number of rotatable bonds is 6. The summed E-state index contributed by atoms with van der Waals surface area (Å²) in [5.74, 6) is 2.02. The first-order valence-corrected chi connectivity index (χ1v) is 11.8. The third kappa shape index (κ3) is 4.78. The SMILES string of the molecule is CC(C)(C)CNCCn1c(Sc2cc3c(cc2[124I])OCCO3)nc2c(N)nccc21. The van der Waals surface area contributed by atoms with E-state index in [-0.39, 0.29) is 5.41 Å². The summed E-state index contributed by atoms with van der Waals surface area (Å²) in [6, 6.07) is 6.02. The Morgan fingerprint density at radius 3 is 2.70 bits per heavy atom. The lowest BCUT2D eigenvalue weighted by molar-refractivity contribution is 0.171. The van der Waals surface area contributed by atoms with Gasteiger partial charge in [0, 0.05) is 34.3 Å². The van der Waals surface area contributed by atoms with Crippen LogP contribution >= 0.6 is 34.4 Å². The zero-order valence-electron chi connectivity index (χ0n) is 17.4. The zero-order chi connectivity index (χ0) is 21.3. The first-order valence-electron chi connectivity index (χ1n) is 9.90. The number of hydrogen-bond donors (Lipinski definition) is 2. The molecule has 2 aromatic heterocycles. The van der Waals surface area contributed by atoms with E-state index in [1.54, 1.807) is 18.0 Å². The molecule has 7 nitrogen and oxygen atoms in total. The van der Waals surface area contributed by atoms with Crippen molar-refractivity contribution in [3.05, 3.63) is 28.0 Å². The van der Waals surface area contributed by atoms with Crippen molar-refractivity contribution >= 4 is 51.2 Å². The van der Waals surface area contributed by atoms with Gasteiger partial charge in [-0.05, 0) is 46.2 Å². The third-order valence-electron chi connectivity index (χ3n) is 4.63. The van der Waals surface area contributed by atoms with Crippen LogP contribution in [0.4, 0.5) is 5.82 Å². The standard InChI is InChI=1S/C21H26IN5O2S/c1-21(2,3)12-24-6-7-27-14-4-5-25-19(23)18(14)26-20(27)30-17-11-16-15(10-13(17)22)28-8-9-29-16/h4-5,10-11,24H,6-9,12H2,1-3H3,(H2,23,25)/i22-3. The molecule has 3 heterocycles. The first-order chi connectivity index (χ1) is 14.3. The number of nitrogens with two attached hydrogens (primary N) is 1. The molecule has 0 radical (unpaired) electrons. The average molecular weight is 536 g/mol. The zero-order valence-corrected chi connectivity index (χ0v) is 20.3. The molecule has 0 fully saturated rings. The topological polar surface area (TPSA) is 87.2 Å². The van der Waals surface area contributed by atoms with Crippen molar-refractivity contribution in [3.63, 3.8) is 0 Å². The predicted molar refractivity (Wildman–Crippen MR) is 129 cm³/mol. The summed E-state index contributed by atoms with van der Waals surface area (Å²) in [6.07, 6.45) is 1.74. The number of anilines is 1. The van der Waals surface area contributed by atoms with Crippen LogP contribution in [0.15, 0.2) is 34.4 Å². The van der Waals surface area contributed by atoms with Crippen LogP contribution in [0.5, 0.6) is 11.5 Å². The van der Waals surface area contributed by atoms with E-state index < -0.39 is 0 Å². The number of nitrogens with one attached hydrogen (secondary N) is 1. The van der Waals surface area contributed by atoms with Crippen molar-refractivity contribution in [1.82, 2.24) is 19.9 Å². The van der Waals surface area contributed by atoms with Gasteiger partial charge in [-0.3, -0.25) is 0 Å². The maximum atomic E-state index is 6.11. The third-order valence-corrected chi connectivity index (χ3v) is 6.94. The normalized spacial score (nSPS) is 13.7. The van der Waals surface area contributed by atoms with Crippen LogP contribution in [0, 0.1) is 8.99 Å². The summed E-state index contributed by atoms with van der Waals surface area (Å²) >= 11 is 3.94. The Labute approximate surface area is 194 Å². The van der Waals surface area contributed by atoms with Crippen molar-refractivity contribution in [1.29, 1.82) is 0 Å². The second-order valence-electron chi connectivity index (χ2n) is 8.38. The number of fused-ring (bicyclic) bond motifs is 2. The minimum absolute atomic E-state index is 0.240. The second kappa shape index (κ2) is 8.80. The van der Waals surface area contributed by atoms with Gasteiger partial charge >= 0.3 is 0 Å². The Morgan fingerprint density at radius 1 is 1.23 bits per heavy atom. The summed E-state index contributed by atoms with van der Waals surface area (Å²) in [4.78, 5) is 10.1. The maximum Gasteiger partial charge on any atom is 0.174 e. The van der Waals surface area contributed by atoms with Crippen molar-refractivity contribution in [2.75, 3.05) is 32.0 Å². The average Bonchev–Trinajstić information content (AvgIpc) is 3.04. The molecule has 3 aromatic rings. The number of halogens is 1. The minimum Gasteiger partial charge on any atom is -0.486 e. The molecule has 0 unspecified atom stereocenters. The predicted octanol–water partition coefficient (Wildman–Crippen LogP) is 4.18. The van der Waals surface area contributed by atoms with Gasteiger partial charge in [0.2, 0.25) is 0 Å². The van der Waals surface area contributed by atoms with Crippen LogP contribution in [0.25, 0.3) is 11.0 Å². The Kier molecular flexibility index (Phi) is 6.31. The highest BCUT2D eigenvalue weighted by molar-refractivity contribution is 14.1. The Morgan fingerprint density at radius 2 is 1.97 bits per heavy atom. The second-order valence-corrected chi connectivity index (χ2v) is 10.5. The van der Waals surface area contributed by atoms with Gasteiger partial charge in [-0.15, -0.1) is 0 Å². The summed E-state index contributed by atoms with van der Waals surface area (Å²) in [5.41, 5.74) is 8.09. The molecule has 0 spiro atoms. The fraction of sp³-hybridized carbons (Fsp3) is 0.429. The van der Waals surface area contributed by atoms with Crippen molar-refractivity contribution in [3.8, 4) is 11.5 Å². The van der Waals surface area contributed by atoms with Crippen LogP contribution in [-0.4, -0.2) is 40.8 Å².